The van der Waals surface area contributed by atoms with E-state index in [-0.39, 0.29) is 12.0 Å². The normalized spacial score (nSPS) is 25.9. The van der Waals surface area contributed by atoms with Gasteiger partial charge in [0.25, 0.3) is 0 Å². The molecule has 0 spiro atoms. The standard InChI is InChI=1S/C15H24ClN3O2/c1-5-21-14(20)15(17-4)8-6-7-12(9-15)19-11(3)13(16)10(2)18-19/h12,17H,5-9H2,1-4H3. The van der Waals surface area contributed by atoms with Gasteiger partial charge in [0, 0.05) is 0 Å². The number of hydrogen-bond acceptors (Lipinski definition) is 4. The van der Waals surface area contributed by atoms with Crippen LogP contribution in [0.3, 0.4) is 0 Å². The largest absolute Gasteiger partial charge is 0.465 e. The topological polar surface area (TPSA) is 56.1 Å². The van der Waals surface area contributed by atoms with E-state index in [1.165, 1.54) is 0 Å². The summed E-state index contributed by atoms with van der Waals surface area (Å²) in [6.45, 7) is 6.12. The van der Waals surface area contributed by atoms with Crippen molar-refractivity contribution < 1.29 is 9.53 Å². The molecule has 1 N–H and O–H groups in total. The van der Waals surface area contributed by atoms with Gasteiger partial charge < -0.3 is 10.1 Å². The molecule has 0 bridgehead atoms. The molecule has 1 heterocycles. The van der Waals surface area contributed by atoms with Crippen molar-refractivity contribution in [1.29, 1.82) is 0 Å². The highest BCUT2D eigenvalue weighted by atomic mass is 35.5. The molecule has 6 heteroatoms. The third kappa shape index (κ3) is 2.94. The van der Waals surface area contributed by atoms with Gasteiger partial charge in [-0.15, -0.1) is 0 Å². The van der Waals surface area contributed by atoms with Crippen LogP contribution in [-0.4, -0.2) is 34.9 Å². The molecular formula is C15H24ClN3O2. The lowest BCUT2D eigenvalue weighted by Crippen LogP contribution is -2.54. The number of likely N-dealkylation sites (N-methyl/N-ethyl adjacent to an activating group) is 1. The van der Waals surface area contributed by atoms with Gasteiger partial charge in [0.15, 0.2) is 0 Å². The van der Waals surface area contributed by atoms with Crippen molar-refractivity contribution in [2.24, 2.45) is 0 Å². The number of nitrogens with zero attached hydrogens (tertiary/aromatic N) is 2. The fraction of sp³-hybridized carbons (Fsp3) is 0.733. The van der Waals surface area contributed by atoms with Crippen LogP contribution in [-0.2, 0) is 9.53 Å². The molecule has 0 amide bonds. The van der Waals surface area contributed by atoms with Gasteiger partial charge in [-0.05, 0) is 53.5 Å². The lowest BCUT2D eigenvalue weighted by atomic mass is 9.79. The predicted octanol–water partition coefficient (Wildman–Crippen LogP) is 2.79. The van der Waals surface area contributed by atoms with E-state index in [4.69, 9.17) is 16.3 Å². The SMILES string of the molecule is CCOC(=O)C1(NC)CCCC(n2nc(C)c(Cl)c2C)C1. The van der Waals surface area contributed by atoms with Gasteiger partial charge in [0.05, 0.1) is 29.1 Å². The Morgan fingerprint density at radius 1 is 1.57 bits per heavy atom. The van der Waals surface area contributed by atoms with Crippen LogP contribution in [0.1, 0.15) is 50.0 Å². The lowest BCUT2D eigenvalue weighted by Gasteiger charge is -2.39. The van der Waals surface area contributed by atoms with Crippen LogP contribution < -0.4 is 5.32 Å². The Bertz CT molecular complexity index is 529. The molecule has 0 aliphatic heterocycles. The van der Waals surface area contributed by atoms with E-state index in [2.05, 4.69) is 10.4 Å². The van der Waals surface area contributed by atoms with E-state index in [1.54, 1.807) is 0 Å². The average molecular weight is 314 g/mol. The Morgan fingerprint density at radius 2 is 2.29 bits per heavy atom. The smallest absolute Gasteiger partial charge is 0.326 e. The summed E-state index contributed by atoms with van der Waals surface area (Å²) >= 11 is 6.24. The number of carbonyl (C=O) groups is 1. The zero-order valence-corrected chi connectivity index (χ0v) is 14.0. The first-order valence-electron chi connectivity index (χ1n) is 7.52. The third-order valence-corrected chi connectivity index (χ3v) is 5.00. The molecule has 1 aliphatic rings. The summed E-state index contributed by atoms with van der Waals surface area (Å²) in [4.78, 5) is 12.3. The monoisotopic (exact) mass is 313 g/mol. The molecular weight excluding hydrogens is 290 g/mol. The number of aryl methyl sites for hydroxylation is 1. The van der Waals surface area contributed by atoms with Crippen LogP contribution in [0.2, 0.25) is 5.02 Å². The van der Waals surface area contributed by atoms with Crippen molar-refractivity contribution in [3.05, 3.63) is 16.4 Å². The Hall–Kier alpha value is -1.07. The molecule has 1 saturated carbocycles. The number of hydrogen-bond donors (Lipinski definition) is 1. The Balaban J connectivity index is 2.27. The highest BCUT2D eigenvalue weighted by molar-refractivity contribution is 6.31. The lowest BCUT2D eigenvalue weighted by molar-refractivity contribution is -0.153. The zero-order valence-electron chi connectivity index (χ0n) is 13.2. The van der Waals surface area contributed by atoms with Gasteiger partial charge in [-0.3, -0.25) is 9.48 Å². The highest BCUT2D eigenvalue weighted by Gasteiger charge is 2.44. The summed E-state index contributed by atoms with van der Waals surface area (Å²) in [5, 5.41) is 8.45. The molecule has 1 aromatic rings. The number of esters is 1. The van der Waals surface area contributed by atoms with Gasteiger partial charge in [-0.25, -0.2) is 0 Å². The maximum atomic E-state index is 12.3. The quantitative estimate of drug-likeness (QED) is 0.868. The van der Waals surface area contributed by atoms with Crippen LogP contribution in [0.5, 0.6) is 0 Å². The molecule has 5 nitrogen and oxygen atoms in total. The summed E-state index contributed by atoms with van der Waals surface area (Å²) in [6, 6.07) is 0.168. The molecule has 118 valence electrons. The molecule has 2 unspecified atom stereocenters. The second-order valence-corrected chi connectivity index (χ2v) is 6.11. The minimum atomic E-state index is -0.613. The summed E-state index contributed by atoms with van der Waals surface area (Å²) in [5.74, 6) is -0.162. The molecule has 0 saturated heterocycles. The predicted molar refractivity (Wildman–Crippen MR) is 82.6 cm³/mol. The van der Waals surface area contributed by atoms with Crippen LogP contribution in [0.4, 0.5) is 0 Å². The van der Waals surface area contributed by atoms with Crippen molar-refractivity contribution >= 4 is 17.6 Å². The molecule has 0 radical (unpaired) electrons. The molecule has 21 heavy (non-hydrogen) atoms. The number of aromatic nitrogens is 2. The third-order valence-electron chi connectivity index (χ3n) is 4.45. The first-order chi connectivity index (χ1) is 9.95. The van der Waals surface area contributed by atoms with E-state index in [0.717, 1.165) is 30.7 Å². The van der Waals surface area contributed by atoms with Gasteiger partial charge >= 0.3 is 5.97 Å². The first-order valence-corrected chi connectivity index (χ1v) is 7.90. The number of halogens is 1. The number of carbonyl (C=O) groups excluding carboxylic acids is 1. The van der Waals surface area contributed by atoms with Crippen molar-refractivity contribution in [1.82, 2.24) is 15.1 Å². The summed E-state index contributed by atoms with van der Waals surface area (Å²) in [7, 11) is 1.83. The second-order valence-electron chi connectivity index (χ2n) is 5.73. The highest BCUT2D eigenvalue weighted by Crippen LogP contribution is 2.37. The van der Waals surface area contributed by atoms with E-state index in [0.29, 0.717) is 18.1 Å². The fourth-order valence-electron chi connectivity index (χ4n) is 3.24. The number of ether oxygens (including phenoxy) is 1. The minimum Gasteiger partial charge on any atom is -0.465 e. The van der Waals surface area contributed by atoms with Crippen LogP contribution in [0.15, 0.2) is 0 Å². The van der Waals surface area contributed by atoms with Gasteiger partial charge in [-0.1, -0.05) is 11.6 Å². The molecule has 1 aromatic heterocycles. The molecule has 1 aliphatic carbocycles. The molecule has 1 fully saturated rings. The summed E-state index contributed by atoms with van der Waals surface area (Å²) in [5.41, 5.74) is 1.19. The van der Waals surface area contributed by atoms with Crippen LogP contribution >= 0.6 is 11.6 Å². The van der Waals surface area contributed by atoms with Gasteiger partial charge in [0.1, 0.15) is 5.54 Å². The van der Waals surface area contributed by atoms with E-state index < -0.39 is 5.54 Å². The van der Waals surface area contributed by atoms with Crippen molar-refractivity contribution in [3.63, 3.8) is 0 Å². The number of nitrogens with one attached hydrogen (secondary N) is 1. The van der Waals surface area contributed by atoms with Gasteiger partial charge in [0.2, 0.25) is 0 Å². The Kier molecular flexibility index (Phi) is 4.94. The zero-order chi connectivity index (χ0) is 15.6. The minimum absolute atomic E-state index is 0.162. The molecule has 0 aromatic carbocycles. The van der Waals surface area contributed by atoms with Crippen molar-refractivity contribution in [2.75, 3.05) is 13.7 Å². The van der Waals surface area contributed by atoms with Crippen LogP contribution in [0.25, 0.3) is 0 Å². The average Bonchev–Trinajstić information content (AvgIpc) is 2.75. The van der Waals surface area contributed by atoms with E-state index >= 15 is 0 Å². The number of rotatable bonds is 4. The second kappa shape index (κ2) is 6.36. The fourth-order valence-corrected chi connectivity index (χ4v) is 3.36. The van der Waals surface area contributed by atoms with Crippen LogP contribution in [0, 0.1) is 13.8 Å². The van der Waals surface area contributed by atoms with E-state index in [1.807, 2.05) is 32.5 Å². The Labute approximate surface area is 131 Å². The molecule has 2 rings (SSSR count). The summed E-state index contributed by atoms with van der Waals surface area (Å²) < 4.78 is 7.24. The maximum absolute atomic E-state index is 12.3. The van der Waals surface area contributed by atoms with Crippen molar-refractivity contribution in [3.8, 4) is 0 Å². The maximum Gasteiger partial charge on any atom is 0.326 e. The van der Waals surface area contributed by atoms with Crippen molar-refractivity contribution in [2.45, 2.75) is 58.0 Å². The molecule has 2 atom stereocenters. The first kappa shape index (κ1) is 16.3. The van der Waals surface area contributed by atoms with Gasteiger partial charge in [-0.2, -0.15) is 5.10 Å². The van der Waals surface area contributed by atoms with E-state index in [9.17, 15) is 4.79 Å². The Morgan fingerprint density at radius 3 is 2.81 bits per heavy atom. The summed E-state index contributed by atoms with van der Waals surface area (Å²) in [6.07, 6.45) is 3.44.